The maximum absolute atomic E-state index is 9.02. The smallest absolute Gasteiger partial charge is 0.0570 e. The molecule has 72 valence electrons. The lowest BCUT2D eigenvalue weighted by molar-refractivity contribution is 0.0625. The van der Waals surface area contributed by atoms with Crippen LogP contribution in [-0.2, 0) is 0 Å². The molecule has 0 heterocycles. The largest absolute Gasteiger partial charge is 0.393 e. The SMILES string of the molecule is CC(C)CCCNC1CC(O)C1. The standard InChI is InChI=1S/C10H21NO/c1-8(2)4-3-5-11-9-6-10(12)7-9/h8-12H,3-7H2,1-2H3. The minimum absolute atomic E-state index is 0.0207. The lowest BCUT2D eigenvalue weighted by Crippen LogP contribution is -2.44. The average molecular weight is 171 g/mol. The van der Waals surface area contributed by atoms with Gasteiger partial charge in [-0.15, -0.1) is 0 Å². The Balaban J connectivity index is 1.83. The molecular weight excluding hydrogens is 150 g/mol. The van der Waals surface area contributed by atoms with E-state index < -0.39 is 0 Å². The van der Waals surface area contributed by atoms with Gasteiger partial charge in [-0.2, -0.15) is 0 Å². The molecule has 0 unspecified atom stereocenters. The molecule has 1 saturated carbocycles. The summed E-state index contributed by atoms with van der Waals surface area (Å²) in [6, 6.07) is 0.604. The van der Waals surface area contributed by atoms with E-state index in [4.69, 9.17) is 5.11 Å². The lowest BCUT2D eigenvalue weighted by Gasteiger charge is -2.32. The molecule has 0 aromatic carbocycles. The Morgan fingerprint density at radius 1 is 1.42 bits per heavy atom. The van der Waals surface area contributed by atoms with Crippen LogP contribution in [0.15, 0.2) is 0 Å². The molecule has 0 aromatic heterocycles. The van der Waals surface area contributed by atoms with Gasteiger partial charge < -0.3 is 10.4 Å². The number of rotatable bonds is 5. The van der Waals surface area contributed by atoms with E-state index >= 15 is 0 Å². The third kappa shape index (κ3) is 3.55. The molecule has 1 fully saturated rings. The van der Waals surface area contributed by atoms with Gasteiger partial charge in [-0.1, -0.05) is 13.8 Å². The second-order valence-corrected chi connectivity index (χ2v) is 4.31. The van der Waals surface area contributed by atoms with Crippen molar-refractivity contribution in [2.75, 3.05) is 6.54 Å². The Morgan fingerprint density at radius 2 is 2.08 bits per heavy atom. The maximum atomic E-state index is 9.02. The van der Waals surface area contributed by atoms with Crippen LogP contribution in [0.4, 0.5) is 0 Å². The Bertz CT molecular complexity index is 119. The van der Waals surface area contributed by atoms with Crippen molar-refractivity contribution >= 4 is 0 Å². The molecule has 0 aliphatic heterocycles. The Labute approximate surface area is 75.4 Å². The van der Waals surface area contributed by atoms with Crippen LogP contribution in [0.2, 0.25) is 0 Å². The summed E-state index contributed by atoms with van der Waals surface area (Å²) in [6.45, 7) is 5.63. The third-order valence-electron chi connectivity index (χ3n) is 2.50. The summed E-state index contributed by atoms with van der Waals surface area (Å²) in [5.74, 6) is 0.818. The third-order valence-corrected chi connectivity index (χ3v) is 2.50. The fraction of sp³-hybridized carbons (Fsp3) is 1.00. The summed E-state index contributed by atoms with van der Waals surface area (Å²) in [6.07, 6.45) is 4.48. The van der Waals surface area contributed by atoms with E-state index in [1.165, 1.54) is 12.8 Å². The highest BCUT2D eigenvalue weighted by atomic mass is 16.3. The van der Waals surface area contributed by atoms with E-state index in [9.17, 15) is 0 Å². The van der Waals surface area contributed by atoms with Crippen molar-refractivity contribution in [3.63, 3.8) is 0 Å². The van der Waals surface area contributed by atoms with E-state index in [1.807, 2.05) is 0 Å². The van der Waals surface area contributed by atoms with Crippen molar-refractivity contribution in [3.8, 4) is 0 Å². The second-order valence-electron chi connectivity index (χ2n) is 4.31. The fourth-order valence-corrected chi connectivity index (χ4v) is 1.57. The summed E-state index contributed by atoms with van der Waals surface area (Å²) in [4.78, 5) is 0. The Kier molecular flexibility index (Phi) is 4.02. The summed E-state index contributed by atoms with van der Waals surface area (Å²) in [5, 5.41) is 12.5. The highest BCUT2D eigenvalue weighted by Crippen LogP contribution is 2.19. The summed E-state index contributed by atoms with van der Waals surface area (Å²) < 4.78 is 0. The number of hydrogen-bond donors (Lipinski definition) is 2. The van der Waals surface area contributed by atoms with Crippen molar-refractivity contribution in [3.05, 3.63) is 0 Å². The predicted octanol–water partition coefficient (Wildman–Crippen LogP) is 1.54. The molecule has 0 saturated heterocycles. The molecule has 0 bridgehead atoms. The minimum Gasteiger partial charge on any atom is -0.393 e. The molecule has 0 amide bonds. The molecule has 2 N–H and O–H groups in total. The molecule has 1 rings (SSSR count). The summed E-state index contributed by atoms with van der Waals surface area (Å²) in [7, 11) is 0. The van der Waals surface area contributed by atoms with E-state index in [0.717, 1.165) is 25.3 Å². The number of hydrogen-bond acceptors (Lipinski definition) is 2. The van der Waals surface area contributed by atoms with E-state index in [1.54, 1.807) is 0 Å². The molecule has 1 aliphatic rings. The lowest BCUT2D eigenvalue weighted by atomic mass is 9.89. The highest BCUT2D eigenvalue weighted by Gasteiger charge is 2.25. The minimum atomic E-state index is -0.0207. The van der Waals surface area contributed by atoms with Crippen molar-refractivity contribution in [1.82, 2.24) is 5.32 Å². The van der Waals surface area contributed by atoms with Crippen LogP contribution in [0.3, 0.4) is 0 Å². The van der Waals surface area contributed by atoms with Gasteiger partial charge in [0.25, 0.3) is 0 Å². The molecule has 0 radical (unpaired) electrons. The molecular formula is C10H21NO. The first-order valence-corrected chi connectivity index (χ1v) is 5.10. The zero-order chi connectivity index (χ0) is 8.97. The van der Waals surface area contributed by atoms with Gasteiger partial charge in [0.05, 0.1) is 6.10 Å². The number of nitrogens with one attached hydrogen (secondary N) is 1. The topological polar surface area (TPSA) is 32.3 Å². The Morgan fingerprint density at radius 3 is 2.58 bits per heavy atom. The summed E-state index contributed by atoms with van der Waals surface area (Å²) >= 11 is 0. The molecule has 1 aliphatic carbocycles. The molecule has 12 heavy (non-hydrogen) atoms. The van der Waals surface area contributed by atoms with Crippen LogP contribution in [-0.4, -0.2) is 23.8 Å². The van der Waals surface area contributed by atoms with Crippen molar-refractivity contribution in [1.29, 1.82) is 0 Å². The summed E-state index contributed by atoms with van der Waals surface area (Å²) in [5.41, 5.74) is 0. The molecule has 2 nitrogen and oxygen atoms in total. The second kappa shape index (κ2) is 4.83. The van der Waals surface area contributed by atoms with Gasteiger partial charge in [-0.3, -0.25) is 0 Å². The Hall–Kier alpha value is -0.0800. The van der Waals surface area contributed by atoms with Gasteiger partial charge in [0, 0.05) is 6.04 Å². The van der Waals surface area contributed by atoms with Gasteiger partial charge in [-0.25, -0.2) is 0 Å². The van der Waals surface area contributed by atoms with Gasteiger partial charge in [0.2, 0.25) is 0 Å². The predicted molar refractivity (Wildman–Crippen MR) is 51.1 cm³/mol. The van der Waals surface area contributed by atoms with Crippen LogP contribution < -0.4 is 5.32 Å². The molecule has 2 heteroatoms. The van der Waals surface area contributed by atoms with Gasteiger partial charge in [-0.05, 0) is 38.1 Å². The first kappa shape index (κ1) is 10.0. The monoisotopic (exact) mass is 171 g/mol. The van der Waals surface area contributed by atoms with Crippen molar-refractivity contribution in [2.45, 2.75) is 51.7 Å². The first-order valence-electron chi connectivity index (χ1n) is 5.10. The van der Waals surface area contributed by atoms with Crippen LogP contribution >= 0.6 is 0 Å². The molecule has 0 atom stereocenters. The van der Waals surface area contributed by atoms with Crippen LogP contribution in [0.25, 0.3) is 0 Å². The van der Waals surface area contributed by atoms with Gasteiger partial charge in [0.1, 0.15) is 0 Å². The van der Waals surface area contributed by atoms with Gasteiger partial charge >= 0.3 is 0 Å². The van der Waals surface area contributed by atoms with Crippen LogP contribution in [0.5, 0.6) is 0 Å². The maximum Gasteiger partial charge on any atom is 0.0570 e. The van der Waals surface area contributed by atoms with E-state index in [2.05, 4.69) is 19.2 Å². The highest BCUT2D eigenvalue weighted by molar-refractivity contribution is 4.84. The zero-order valence-corrected chi connectivity index (χ0v) is 8.21. The first-order chi connectivity index (χ1) is 5.68. The molecule has 0 aromatic rings. The van der Waals surface area contributed by atoms with Crippen LogP contribution in [0, 0.1) is 5.92 Å². The zero-order valence-electron chi connectivity index (χ0n) is 8.21. The van der Waals surface area contributed by atoms with Crippen LogP contribution in [0.1, 0.15) is 39.5 Å². The fourth-order valence-electron chi connectivity index (χ4n) is 1.57. The van der Waals surface area contributed by atoms with E-state index in [-0.39, 0.29) is 6.10 Å². The number of aliphatic hydroxyl groups is 1. The number of aliphatic hydroxyl groups excluding tert-OH is 1. The normalized spacial score (nSPS) is 29.0. The molecule has 0 spiro atoms. The van der Waals surface area contributed by atoms with Crippen molar-refractivity contribution in [2.24, 2.45) is 5.92 Å². The quantitative estimate of drug-likeness (QED) is 0.615. The van der Waals surface area contributed by atoms with Crippen molar-refractivity contribution < 1.29 is 5.11 Å². The van der Waals surface area contributed by atoms with E-state index in [0.29, 0.717) is 6.04 Å². The average Bonchev–Trinajstić information content (AvgIpc) is 1.93. The van der Waals surface area contributed by atoms with Gasteiger partial charge in [0.15, 0.2) is 0 Å².